The predicted molar refractivity (Wildman–Crippen MR) is 64.6 cm³/mol. The number of ether oxygens (including phenoxy) is 1. The lowest BCUT2D eigenvalue weighted by Gasteiger charge is -2.23. The molecule has 1 aromatic heterocycles. The number of anilines is 1. The molecule has 0 saturated carbocycles. The Hall–Kier alpha value is -1.03. The highest BCUT2D eigenvalue weighted by atomic mass is 16.5. The van der Waals surface area contributed by atoms with Crippen LogP contribution in [0.1, 0.15) is 32.7 Å². The number of nitrogens with one attached hydrogen (secondary N) is 1. The van der Waals surface area contributed by atoms with E-state index in [-0.39, 0.29) is 0 Å². The van der Waals surface area contributed by atoms with Gasteiger partial charge in [0.05, 0.1) is 6.61 Å². The van der Waals surface area contributed by atoms with Crippen LogP contribution in [-0.2, 0) is 4.74 Å². The van der Waals surface area contributed by atoms with Crippen molar-refractivity contribution in [1.82, 2.24) is 9.55 Å². The number of nitrogens with zero attached hydrogens (tertiary/aromatic N) is 2. The van der Waals surface area contributed by atoms with E-state index in [0.29, 0.717) is 12.0 Å². The van der Waals surface area contributed by atoms with Crippen molar-refractivity contribution < 1.29 is 4.74 Å². The molecule has 0 aromatic carbocycles. The zero-order valence-electron chi connectivity index (χ0n) is 10.1. The lowest BCUT2D eigenvalue weighted by molar-refractivity contribution is 0.0594. The van der Waals surface area contributed by atoms with E-state index < -0.39 is 0 Å². The van der Waals surface area contributed by atoms with E-state index in [1.54, 1.807) is 0 Å². The van der Waals surface area contributed by atoms with Crippen LogP contribution >= 0.6 is 0 Å². The van der Waals surface area contributed by atoms with Gasteiger partial charge in [0.1, 0.15) is 0 Å². The second-order valence-corrected chi connectivity index (χ2v) is 4.72. The van der Waals surface area contributed by atoms with Crippen LogP contribution in [0.5, 0.6) is 0 Å². The Morgan fingerprint density at radius 2 is 2.50 bits per heavy atom. The first-order valence-corrected chi connectivity index (χ1v) is 6.12. The van der Waals surface area contributed by atoms with Gasteiger partial charge in [-0.3, -0.25) is 0 Å². The van der Waals surface area contributed by atoms with Gasteiger partial charge < -0.3 is 14.6 Å². The fourth-order valence-corrected chi connectivity index (χ4v) is 2.07. The molecule has 1 saturated heterocycles. The van der Waals surface area contributed by atoms with Crippen molar-refractivity contribution in [2.45, 2.75) is 32.7 Å². The third kappa shape index (κ3) is 2.76. The van der Waals surface area contributed by atoms with Crippen LogP contribution in [0.4, 0.5) is 5.95 Å². The largest absolute Gasteiger partial charge is 0.381 e. The molecule has 1 aliphatic heterocycles. The van der Waals surface area contributed by atoms with E-state index in [4.69, 9.17) is 4.74 Å². The molecule has 0 amide bonds. The molecule has 4 heteroatoms. The van der Waals surface area contributed by atoms with Gasteiger partial charge in [-0.1, -0.05) is 0 Å². The summed E-state index contributed by atoms with van der Waals surface area (Å²) < 4.78 is 7.62. The molecule has 1 N–H and O–H groups in total. The lowest BCUT2D eigenvalue weighted by atomic mass is 10.0. The van der Waals surface area contributed by atoms with Crippen LogP contribution in [0.2, 0.25) is 0 Å². The Labute approximate surface area is 97.0 Å². The fourth-order valence-electron chi connectivity index (χ4n) is 2.07. The van der Waals surface area contributed by atoms with Crippen LogP contribution in [0.25, 0.3) is 0 Å². The summed E-state index contributed by atoms with van der Waals surface area (Å²) in [5.41, 5.74) is 0. The Kier molecular flexibility index (Phi) is 3.83. The molecule has 0 spiro atoms. The molecule has 1 unspecified atom stereocenters. The van der Waals surface area contributed by atoms with E-state index >= 15 is 0 Å². The average Bonchev–Trinajstić information content (AvgIpc) is 2.76. The Morgan fingerprint density at radius 3 is 3.19 bits per heavy atom. The minimum absolute atomic E-state index is 0.451. The Morgan fingerprint density at radius 1 is 1.62 bits per heavy atom. The first-order chi connectivity index (χ1) is 7.77. The number of hydrogen-bond acceptors (Lipinski definition) is 3. The normalized spacial score (nSPS) is 21.3. The second kappa shape index (κ2) is 5.34. The van der Waals surface area contributed by atoms with Gasteiger partial charge in [0.2, 0.25) is 5.95 Å². The molecule has 16 heavy (non-hydrogen) atoms. The summed E-state index contributed by atoms with van der Waals surface area (Å²) in [6.45, 7) is 7.10. The van der Waals surface area contributed by atoms with Crippen molar-refractivity contribution in [3.63, 3.8) is 0 Å². The minimum Gasteiger partial charge on any atom is -0.381 e. The zero-order valence-corrected chi connectivity index (χ0v) is 10.1. The molecule has 1 atom stereocenters. The molecule has 2 heterocycles. The highest BCUT2D eigenvalue weighted by Crippen LogP contribution is 2.16. The molecule has 2 rings (SSSR count). The molecule has 1 fully saturated rings. The summed E-state index contributed by atoms with van der Waals surface area (Å²) in [6, 6.07) is 0.451. The van der Waals surface area contributed by atoms with Crippen LogP contribution in [0.3, 0.4) is 0 Å². The zero-order chi connectivity index (χ0) is 11.4. The number of imidazole rings is 1. The Bertz CT molecular complexity index is 316. The topological polar surface area (TPSA) is 39.1 Å². The minimum atomic E-state index is 0.451. The van der Waals surface area contributed by atoms with Crippen molar-refractivity contribution in [1.29, 1.82) is 0 Å². The number of rotatable bonds is 4. The maximum absolute atomic E-state index is 5.46. The van der Waals surface area contributed by atoms with Crippen LogP contribution < -0.4 is 5.32 Å². The molecule has 90 valence electrons. The summed E-state index contributed by atoms with van der Waals surface area (Å²) in [4.78, 5) is 4.33. The number of aromatic nitrogens is 2. The molecule has 0 radical (unpaired) electrons. The van der Waals surface area contributed by atoms with Gasteiger partial charge >= 0.3 is 0 Å². The van der Waals surface area contributed by atoms with Crippen molar-refractivity contribution in [3.05, 3.63) is 12.4 Å². The maximum Gasteiger partial charge on any atom is 0.203 e. The summed E-state index contributed by atoms with van der Waals surface area (Å²) >= 11 is 0. The van der Waals surface area contributed by atoms with Crippen molar-refractivity contribution >= 4 is 5.95 Å². The van der Waals surface area contributed by atoms with Crippen molar-refractivity contribution in [2.75, 3.05) is 25.1 Å². The van der Waals surface area contributed by atoms with E-state index in [1.165, 1.54) is 12.8 Å². The monoisotopic (exact) mass is 223 g/mol. The third-order valence-corrected chi connectivity index (χ3v) is 3.03. The van der Waals surface area contributed by atoms with Crippen LogP contribution in [-0.4, -0.2) is 29.3 Å². The molecule has 1 aliphatic rings. The van der Waals surface area contributed by atoms with Gasteiger partial charge in [0.15, 0.2) is 0 Å². The number of hydrogen-bond donors (Lipinski definition) is 1. The molecular weight excluding hydrogens is 202 g/mol. The van der Waals surface area contributed by atoms with Gasteiger partial charge in [-0.05, 0) is 32.6 Å². The standard InChI is InChI=1S/C12H21N3O/c1-10(2)15-6-5-13-12(15)14-8-11-4-3-7-16-9-11/h5-6,10-11H,3-4,7-9H2,1-2H3,(H,13,14). The smallest absolute Gasteiger partial charge is 0.203 e. The molecule has 0 aliphatic carbocycles. The van der Waals surface area contributed by atoms with Gasteiger partial charge in [0, 0.05) is 31.6 Å². The highest BCUT2D eigenvalue weighted by molar-refractivity contribution is 5.26. The molecule has 1 aromatic rings. The van der Waals surface area contributed by atoms with E-state index in [9.17, 15) is 0 Å². The molecule has 0 bridgehead atoms. The maximum atomic E-state index is 5.46. The first-order valence-electron chi connectivity index (χ1n) is 6.12. The van der Waals surface area contributed by atoms with E-state index in [2.05, 4.69) is 28.7 Å². The lowest BCUT2D eigenvalue weighted by Crippen LogP contribution is -2.25. The van der Waals surface area contributed by atoms with Crippen LogP contribution in [0.15, 0.2) is 12.4 Å². The van der Waals surface area contributed by atoms with Gasteiger partial charge in [0.25, 0.3) is 0 Å². The molecule has 4 nitrogen and oxygen atoms in total. The summed E-state index contributed by atoms with van der Waals surface area (Å²) in [7, 11) is 0. The van der Waals surface area contributed by atoms with E-state index in [1.807, 2.05) is 12.4 Å². The summed E-state index contributed by atoms with van der Waals surface area (Å²) in [5, 5.41) is 3.42. The van der Waals surface area contributed by atoms with E-state index in [0.717, 1.165) is 25.7 Å². The average molecular weight is 223 g/mol. The Balaban J connectivity index is 1.86. The van der Waals surface area contributed by atoms with Crippen molar-refractivity contribution in [3.8, 4) is 0 Å². The first kappa shape index (κ1) is 11.5. The summed E-state index contributed by atoms with van der Waals surface area (Å²) in [6.07, 6.45) is 6.31. The second-order valence-electron chi connectivity index (χ2n) is 4.72. The predicted octanol–water partition coefficient (Wildman–Crippen LogP) is 2.30. The van der Waals surface area contributed by atoms with Gasteiger partial charge in [-0.25, -0.2) is 4.98 Å². The third-order valence-electron chi connectivity index (χ3n) is 3.03. The SMILES string of the molecule is CC(C)n1ccnc1NCC1CCCOC1. The molecular formula is C12H21N3O. The van der Waals surface area contributed by atoms with Crippen LogP contribution in [0, 0.1) is 5.92 Å². The van der Waals surface area contributed by atoms with Gasteiger partial charge in [-0.2, -0.15) is 0 Å². The highest BCUT2D eigenvalue weighted by Gasteiger charge is 2.14. The summed E-state index contributed by atoms with van der Waals surface area (Å²) in [5.74, 6) is 1.60. The van der Waals surface area contributed by atoms with Crippen molar-refractivity contribution in [2.24, 2.45) is 5.92 Å². The fraction of sp³-hybridized carbons (Fsp3) is 0.750. The van der Waals surface area contributed by atoms with Gasteiger partial charge in [-0.15, -0.1) is 0 Å². The quantitative estimate of drug-likeness (QED) is 0.851.